The molecule has 0 bridgehead atoms. The minimum atomic E-state index is -0.541. The van der Waals surface area contributed by atoms with Crippen LogP contribution in [-0.2, 0) is 6.54 Å². The van der Waals surface area contributed by atoms with Gasteiger partial charge in [0, 0.05) is 0 Å². The highest BCUT2D eigenvalue weighted by Crippen LogP contribution is 2.30. The van der Waals surface area contributed by atoms with Gasteiger partial charge in [0.25, 0.3) is 5.91 Å². The maximum absolute atomic E-state index is 13.8. The summed E-state index contributed by atoms with van der Waals surface area (Å²) in [5.41, 5.74) is 2.09. The number of nitrogens with one attached hydrogen (secondary N) is 1. The van der Waals surface area contributed by atoms with Crippen molar-refractivity contribution in [2.45, 2.75) is 20.4 Å². The third kappa shape index (κ3) is 4.02. The van der Waals surface area contributed by atoms with Gasteiger partial charge in [-0.05, 0) is 38.1 Å². The minimum absolute atomic E-state index is 0.0789. The minimum Gasteiger partial charge on any atom is -0.496 e. The highest BCUT2D eigenvalue weighted by atomic mass is 19.1. The zero-order valence-corrected chi connectivity index (χ0v) is 17.2. The number of rotatable bonds is 6. The Hall–Kier alpha value is -4.01. The maximum Gasteiger partial charge on any atom is 0.278 e. The summed E-state index contributed by atoms with van der Waals surface area (Å²) in [4.78, 5) is 17.1. The first kappa shape index (κ1) is 20.3. The van der Waals surface area contributed by atoms with Gasteiger partial charge in [-0.2, -0.15) is 0 Å². The second-order valence-electron chi connectivity index (χ2n) is 6.84. The summed E-state index contributed by atoms with van der Waals surface area (Å²) in [6.07, 6.45) is 0. The Morgan fingerprint density at radius 1 is 1.16 bits per heavy atom. The average molecular weight is 421 g/mol. The molecule has 4 aromatic rings. The Bertz CT molecular complexity index is 1250. The second-order valence-corrected chi connectivity index (χ2v) is 6.84. The predicted octanol–water partition coefficient (Wildman–Crippen LogP) is 4.00. The highest BCUT2D eigenvalue weighted by molar-refractivity contribution is 6.03. The van der Waals surface area contributed by atoms with E-state index in [9.17, 15) is 9.18 Å². The number of carbonyl (C=O) groups excluding carboxylic acids is 1. The van der Waals surface area contributed by atoms with Crippen LogP contribution in [0.3, 0.4) is 0 Å². The molecule has 9 heteroatoms. The predicted molar refractivity (Wildman–Crippen MR) is 111 cm³/mol. The molecule has 8 nitrogen and oxygen atoms in total. The van der Waals surface area contributed by atoms with Crippen LogP contribution < -0.4 is 10.1 Å². The molecular formula is C22H20FN5O3. The molecule has 0 saturated heterocycles. The Morgan fingerprint density at radius 3 is 2.68 bits per heavy atom. The van der Waals surface area contributed by atoms with Crippen LogP contribution in [0.15, 0.2) is 52.9 Å². The fraction of sp³-hybridized carbons (Fsp3) is 0.182. The van der Waals surface area contributed by atoms with Crippen LogP contribution in [-0.4, -0.2) is 33.0 Å². The van der Waals surface area contributed by atoms with Gasteiger partial charge in [-0.15, -0.1) is 5.10 Å². The van der Waals surface area contributed by atoms with E-state index >= 15 is 0 Å². The van der Waals surface area contributed by atoms with E-state index in [2.05, 4.69) is 20.6 Å². The standard InChI is InChI=1S/C22H20FN5O3/c1-13-20(21(29)24-17-10-6-5-9-16(17)23)26-27-28(13)12-18-14(2)31-22(25-18)15-8-4-7-11-19(15)30-3/h4-11H,12H2,1-3H3,(H,24,29). The van der Waals surface area contributed by atoms with Gasteiger partial charge in [0.1, 0.15) is 23.0 Å². The smallest absolute Gasteiger partial charge is 0.278 e. The lowest BCUT2D eigenvalue weighted by Gasteiger charge is -2.05. The summed E-state index contributed by atoms with van der Waals surface area (Å²) in [6, 6.07) is 13.4. The highest BCUT2D eigenvalue weighted by Gasteiger charge is 2.20. The van der Waals surface area contributed by atoms with Crippen LogP contribution in [0.4, 0.5) is 10.1 Å². The third-order valence-corrected chi connectivity index (χ3v) is 4.85. The van der Waals surface area contributed by atoms with Crippen LogP contribution in [0.25, 0.3) is 11.5 Å². The molecule has 1 amide bonds. The molecule has 0 radical (unpaired) electrons. The average Bonchev–Trinajstić information content (AvgIpc) is 3.32. The number of oxazole rings is 1. The Morgan fingerprint density at radius 2 is 1.90 bits per heavy atom. The summed E-state index contributed by atoms with van der Waals surface area (Å²) in [5.74, 6) is 0.635. The van der Waals surface area contributed by atoms with Crippen molar-refractivity contribution < 1.29 is 18.3 Å². The molecule has 1 N–H and O–H groups in total. The van der Waals surface area contributed by atoms with Crippen molar-refractivity contribution in [1.82, 2.24) is 20.0 Å². The number of anilines is 1. The largest absolute Gasteiger partial charge is 0.496 e. The number of ether oxygens (including phenoxy) is 1. The molecule has 0 aliphatic carbocycles. The van der Waals surface area contributed by atoms with Gasteiger partial charge >= 0.3 is 0 Å². The molecular weight excluding hydrogens is 401 g/mol. The van der Waals surface area contributed by atoms with Gasteiger partial charge in [0.05, 0.1) is 30.6 Å². The molecule has 0 spiro atoms. The number of nitrogens with zero attached hydrogens (tertiary/aromatic N) is 4. The monoisotopic (exact) mass is 421 g/mol. The number of halogens is 1. The number of hydrogen-bond acceptors (Lipinski definition) is 6. The lowest BCUT2D eigenvalue weighted by Crippen LogP contribution is -2.15. The Balaban J connectivity index is 1.56. The van der Waals surface area contributed by atoms with Gasteiger partial charge in [0.2, 0.25) is 5.89 Å². The molecule has 0 saturated carbocycles. The van der Waals surface area contributed by atoms with Crippen molar-refractivity contribution in [3.05, 3.63) is 77.2 Å². The molecule has 0 atom stereocenters. The summed E-state index contributed by atoms with van der Waals surface area (Å²) in [5, 5.41) is 10.5. The van der Waals surface area contributed by atoms with Crippen molar-refractivity contribution in [3.8, 4) is 17.2 Å². The van der Waals surface area contributed by atoms with Crippen molar-refractivity contribution in [2.24, 2.45) is 0 Å². The van der Waals surface area contributed by atoms with E-state index in [1.54, 1.807) is 37.8 Å². The number of aromatic nitrogens is 4. The number of aryl methyl sites for hydroxylation is 1. The molecule has 0 aliphatic heterocycles. The molecule has 0 aliphatic rings. The van der Waals surface area contributed by atoms with Gasteiger partial charge in [0.15, 0.2) is 5.69 Å². The van der Waals surface area contributed by atoms with Crippen LogP contribution in [0.2, 0.25) is 0 Å². The van der Waals surface area contributed by atoms with Gasteiger partial charge in [-0.25, -0.2) is 14.1 Å². The first-order valence-electron chi connectivity index (χ1n) is 9.53. The van der Waals surface area contributed by atoms with E-state index in [0.29, 0.717) is 28.8 Å². The van der Waals surface area contributed by atoms with E-state index in [1.165, 1.54) is 12.1 Å². The van der Waals surface area contributed by atoms with E-state index in [-0.39, 0.29) is 17.9 Å². The molecule has 2 heterocycles. The first-order chi connectivity index (χ1) is 15.0. The number of hydrogen-bond donors (Lipinski definition) is 1. The fourth-order valence-corrected chi connectivity index (χ4v) is 3.12. The van der Waals surface area contributed by atoms with Crippen molar-refractivity contribution in [3.63, 3.8) is 0 Å². The fourth-order valence-electron chi connectivity index (χ4n) is 3.12. The third-order valence-electron chi connectivity index (χ3n) is 4.85. The van der Waals surface area contributed by atoms with E-state index in [0.717, 1.165) is 5.56 Å². The number of amides is 1. The quantitative estimate of drug-likeness (QED) is 0.506. The second kappa shape index (κ2) is 8.39. The zero-order valence-electron chi connectivity index (χ0n) is 17.2. The van der Waals surface area contributed by atoms with Crippen LogP contribution in [0.1, 0.15) is 27.6 Å². The van der Waals surface area contributed by atoms with E-state index < -0.39 is 11.7 Å². The molecule has 4 rings (SSSR count). The molecule has 0 unspecified atom stereocenters. The van der Waals surface area contributed by atoms with Gasteiger partial charge in [-0.1, -0.05) is 29.5 Å². The summed E-state index contributed by atoms with van der Waals surface area (Å²) >= 11 is 0. The van der Waals surface area contributed by atoms with Gasteiger partial charge in [-0.3, -0.25) is 4.79 Å². The van der Waals surface area contributed by atoms with Crippen LogP contribution >= 0.6 is 0 Å². The first-order valence-corrected chi connectivity index (χ1v) is 9.53. The molecule has 158 valence electrons. The molecule has 31 heavy (non-hydrogen) atoms. The number of para-hydroxylation sites is 2. The number of benzene rings is 2. The zero-order chi connectivity index (χ0) is 22.0. The summed E-state index contributed by atoms with van der Waals surface area (Å²) in [7, 11) is 1.59. The van der Waals surface area contributed by atoms with E-state index in [1.807, 2.05) is 24.3 Å². The van der Waals surface area contributed by atoms with Crippen LogP contribution in [0.5, 0.6) is 5.75 Å². The van der Waals surface area contributed by atoms with Crippen LogP contribution in [0, 0.1) is 19.7 Å². The number of methoxy groups -OCH3 is 1. The topological polar surface area (TPSA) is 95.1 Å². The maximum atomic E-state index is 13.8. The molecule has 0 fully saturated rings. The SMILES string of the molecule is COc1ccccc1-c1nc(Cn2nnc(C(=O)Nc3ccccc3F)c2C)c(C)o1. The lowest BCUT2D eigenvalue weighted by molar-refractivity contribution is 0.102. The summed E-state index contributed by atoms with van der Waals surface area (Å²) in [6.45, 7) is 3.78. The normalized spacial score (nSPS) is 10.8. The molecule has 2 aromatic carbocycles. The summed E-state index contributed by atoms with van der Waals surface area (Å²) < 4.78 is 26.6. The van der Waals surface area contributed by atoms with Crippen molar-refractivity contribution in [2.75, 3.05) is 12.4 Å². The molecule has 2 aromatic heterocycles. The van der Waals surface area contributed by atoms with Gasteiger partial charge < -0.3 is 14.5 Å². The number of carbonyl (C=O) groups is 1. The Kier molecular flexibility index (Phi) is 5.48. The van der Waals surface area contributed by atoms with Crippen molar-refractivity contribution >= 4 is 11.6 Å². The van der Waals surface area contributed by atoms with E-state index in [4.69, 9.17) is 9.15 Å². The lowest BCUT2D eigenvalue weighted by atomic mass is 10.2. The Labute approximate surface area is 177 Å². The van der Waals surface area contributed by atoms with Crippen molar-refractivity contribution in [1.29, 1.82) is 0 Å².